The monoisotopic (exact) mass is 236 g/mol. The Bertz CT molecular complexity index is 389. The second-order valence-electron chi connectivity index (χ2n) is 4.24. The number of ether oxygens (including phenoxy) is 1. The minimum absolute atomic E-state index is 0.0903. The van der Waals surface area contributed by atoms with Gasteiger partial charge in [0.15, 0.2) is 5.78 Å². The summed E-state index contributed by atoms with van der Waals surface area (Å²) in [5.41, 5.74) is 6.88. The number of Topliss-reactive ketones (excluding diaryl/α,β-unsaturated/α-hetero) is 1. The van der Waals surface area contributed by atoms with E-state index in [0.29, 0.717) is 36.0 Å². The third kappa shape index (κ3) is 4.07. The summed E-state index contributed by atoms with van der Waals surface area (Å²) in [5.74, 6) is 0.689. The van der Waals surface area contributed by atoms with Crippen LogP contribution < -0.4 is 15.8 Å². The fourth-order valence-electron chi connectivity index (χ4n) is 1.53. The molecule has 4 nitrogen and oxygen atoms in total. The highest BCUT2D eigenvalue weighted by Gasteiger charge is 2.08. The van der Waals surface area contributed by atoms with Crippen molar-refractivity contribution in [1.82, 2.24) is 5.32 Å². The van der Waals surface area contributed by atoms with Crippen LogP contribution in [0.2, 0.25) is 0 Å². The zero-order chi connectivity index (χ0) is 12.8. The first-order chi connectivity index (χ1) is 8.04. The van der Waals surface area contributed by atoms with Crippen LogP contribution in [0.25, 0.3) is 0 Å². The topological polar surface area (TPSA) is 64.3 Å². The number of ketones is 1. The maximum Gasteiger partial charge on any atom is 0.164 e. The molecule has 0 atom stereocenters. The number of methoxy groups -OCH3 is 1. The summed E-state index contributed by atoms with van der Waals surface area (Å²) in [7, 11) is 1.56. The highest BCUT2D eigenvalue weighted by molar-refractivity contribution is 5.97. The van der Waals surface area contributed by atoms with Crippen molar-refractivity contribution in [2.75, 3.05) is 19.4 Å². The maximum atomic E-state index is 11.8. The molecular formula is C13H20N2O2. The normalized spacial score (nSPS) is 10.6. The van der Waals surface area contributed by atoms with Crippen molar-refractivity contribution in [3.05, 3.63) is 23.8 Å². The predicted octanol–water partition coefficient (Wildman–Crippen LogP) is 1.85. The molecule has 0 aliphatic heterocycles. The van der Waals surface area contributed by atoms with Gasteiger partial charge in [-0.3, -0.25) is 4.79 Å². The number of hydrogen-bond acceptors (Lipinski definition) is 4. The lowest BCUT2D eigenvalue weighted by atomic mass is 10.1. The molecule has 1 aromatic carbocycles. The van der Waals surface area contributed by atoms with Crippen LogP contribution in [0.15, 0.2) is 18.2 Å². The quantitative estimate of drug-likeness (QED) is 0.584. The third-order valence-electron chi connectivity index (χ3n) is 2.46. The Morgan fingerprint density at radius 1 is 1.47 bits per heavy atom. The second kappa shape index (κ2) is 6.25. The molecule has 0 spiro atoms. The Labute approximate surface area is 102 Å². The van der Waals surface area contributed by atoms with Gasteiger partial charge in [0.25, 0.3) is 0 Å². The van der Waals surface area contributed by atoms with E-state index in [4.69, 9.17) is 10.5 Å². The van der Waals surface area contributed by atoms with Crippen molar-refractivity contribution in [1.29, 1.82) is 0 Å². The standard InChI is InChI=1S/C13H20N2O2/c1-9(2)15-7-6-12(16)10-4-5-13(17-3)11(14)8-10/h4-5,8-9,15H,6-7,14H2,1-3H3. The minimum atomic E-state index is 0.0903. The van der Waals surface area contributed by atoms with Crippen LogP contribution in [0.4, 0.5) is 5.69 Å². The first-order valence-electron chi connectivity index (χ1n) is 5.74. The summed E-state index contributed by atoms with van der Waals surface area (Å²) in [6, 6.07) is 5.52. The van der Waals surface area contributed by atoms with Crippen molar-refractivity contribution in [3.63, 3.8) is 0 Å². The van der Waals surface area contributed by atoms with E-state index in [0.717, 1.165) is 0 Å². The van der Waals surface area contributed by atoms with E-state index in [1.807, 2.05) is 0 Å². The van der Waals surface area contributed by atoms with Gasteiger partial charge >= 0.3 is 0 Å². The summed E-state index contributed by atoms with van der Waals surface area (Å²) in [6.07, 6.45) is 0.476. The Morgan fingerprint density at radius 2 is 2.18 bits per heavy atom. The lowest BCUT2D eigenvalue weighted by Crippen LogP contribution is -2.25. The Balaban J connectivity index is 2.60. The molecule has 4 heteroatoms. The van der Waals surface area contributed by atoms with Crippen LogP contribution >= 0.6 is 0 Å². The molecule has 1 aromatic rings. The number of rotatable bonds is 6. The largest absolute Gasteiger partial charge is 0.495 e. The van der Waals surface area contributed by atoms with E-state index in [1.54, 1.807) is 25.3 Å². The van der Waals surface area contributed by atoms with Crippen molar-refractivity contribution in [2.45, 2.75) is 26.3 Å². The van der Waals surface area contributed by atoms with E-state index >= 15 is 0 Å². The highest BCUT2D eigenvalue weighted by Crippen LogP contribution is 2.22. The summed E-state index contributed by atoms with van der Waals surface area (Å²) in [6.45, 7) is 4.79. The number of anilines is 1. The van der Waals surface area contributed by atoms with Crippen LogP contribution in [0.5, 0.6) is 5.75 Å². The molecule has 0 fully saturated rings. The highest BCUT2D eigenvalue weighted by atomic mass is 16.5. The van der Waals surface area contributed by atoms with E-state index in [9.17, 15) is 4.79 Å². The number of nitrogen functional groups attached to an aromatic ring is 1. The van der Waals surface area contributed by atoms with Crippen molar-refractivity contribution in [2.24, 2.45) is 0 Å². The van der Waals surface area contributed by atoms with Gasteiger partial charge in [0, 0.05) is 24.6 Å². The van der Waals surface area contributed by atoms with Crippen molar-refractivity contribution in [3.8, 4) is 5.75 Å². The average Bonchev–Trinajstić information content (AvgIpc) is 2.28. The molecule has 0 saturated heterocycles. The lowest BCUT2D eigenvalue weighted by molar-refractivity contribution is 0.0982. The summed E-state index contributed by atoms with van der Waals surface area (Å²) in [5, 5.41) is 3.21. The van der Waals surface area contributed by atoms with Crippen molar-refractivity contribution >= 4 is 11.5 Å². The number of nitrogens with one attached hydrogen (secondary N) is 1. The zero-order valence-corrected chi connectivity index (χ0v) is 10.6. The molecule has 94 valence electrons. The smallest absolute Gasteiger partial charge is 0.164 e. The SMILES string of the molecule is COc1ccc(C(=O)CCNC(C)C)cc1N. The minimum Gasteiger partial charge on any atom is -0.495 e. The van der Waals surface area contributed by atoms with Crippen LogP contribution in [0.3, 0.4) is 0 Å². The Kier molecular flexibility index (Phi) is 4.97. The van der Waals surface area contributed by atoms with E-state index < -0.39 is 0 Å². The van der Waals surface area contributed by atoms with Crippen LogP contribution in [0.1, 0.15) is 30.6 Å². The Morgan fingerprint density at radius 3 is 2.71 bits per heavy atom. The number of nitrogens with two attached hydrogens (primary N) is 1. The molecule has 0 unspecified atom stereocenters. The molecule has 0 heterocycles. The van der Waals surface area contributed by atoms with E-state index in [1.165, 1.54) is 0 Å². The first-order valence-corrected chi connectivity index (χ1v) is 5.74. The van der Waals surface area contributed by atoms with Gasteiger partial charge in [0.1, 0.15) is 5.75 Å². The van der Waals surface area contributed by atoms with Crippen LogP contribution in [-0.2, 0) is 0 Å². The number of hydrogen-bond donors (Lipinski definition) is 2. The molecule has 0 amide bonds. The molecule has 0 bridgehead atoms. The van der Waals surface area contributed by atoms with Gasteiger partial charge < -0.3 is 15.8 Å². The molecule has 0 aliphatic carbocycles. The van der Waals surface area contributed by atoms with E-state index in [2.05, 4.69) is 19.2 Å². The molecule has 0 saturated carbocycles. The predicted molar refractivity (Wildman–Crippen MR) is 69.5 cm³/mol. The van der Waals surface area contributed by atoms with Gasteiger partial charge in [0.2, 0.25) is 0 Å². The molecular weight excluding hydrogens is 216 g/mol. The molecule has 0 aromatic heterocycles. The lowest BCUT2D eigenvalue weighted by Gasteiger charge is -2.08. The van der Waals surface area contributed by atoms with Crippen molar-refractivity contribution < 1.29 is 9.53 Å². The average molecular weight is 236 g/mol. The van der Waals surface area contributed by atoms with Gasteiger partial charge in [-0.05, 0) is 18.2 Å². The summed E-state index contributed by atoms with van der Waals surface area (Å²) in [4.78, 5) is 11.8. The Hall–Kier alpha value is -1.55. The van der Waals surface area contributed by atoms with Crippen LogP contribution in [-0.4, -0.2) is 25.5 Å². The van der Waals surface area contributed by atoms with E-state index in [-0.39, 0.29) is 5.78 Å². The molecule has 17 heavy (non-hydrogen) atoms. The third-order valence-corrected chi connectivity index (χ3v) is 2.46. The molecule has 0 aliphatic rings. The zero-order valence-electron chi connectivity index (χ0n) is 10.6. The van der Waals surface area contributed by atoms with Crippen LogP contribution in [0, 0.1) is 0 Å². The molecule has 3 N–H and O–H groups in total. The molecule has 1 rings (SSSR count). The van der Waals surface area contributed by atoms with Gasteiger partial charge in [-0.1, -0.05) is 13.8 Å². The second-order valence-corrected chi connectivity index (χ2v) is 4.24. The first kappa shape index (κ1) is 13.5. The van der Waals surface area contributed by atoms with Gasteiger partial charge in [-0.25, -0.2) is 0 Å². The summed E-state index contributed by atoms with van der Waals surface area (Å²) >= 11 is 0. The maximum absolute atomic E-state index is 11.8. The summed E-state index contributed by atoms with van der Waals surface area (Å²) < 4.78 is 5.04. The van der Waals surface area contributed by atoms with Gasteiger partial charge in [0.05, 0.1) is 12.8 Å². The molecule has 0 radical (unpaired) electrons. The number of benzene rings is 1. The fraction of sp³-hybridized carbons (Fsp3) is 0.462. The fourth-order valence-corrected chi connectivity index (χ4v) is 1.53. The van der Waals surface area contributed by atoms with Gasteiger partial charge in [-0.15, -0.1) is 0 Å². The number of carbonyl (C=O) groups excluding carboxylic acids is 1. The van der Waals surface area contributed by atoms with Gasteiger partial charge in [-0.2, -0.15) is 0 Å². The number of carbonyl (C=O) groups is 1.